The highest BCUT2D eigenvalue weighted by Crippen LogP contribution is 2.46. The fourth-order valence-corrected chi connectivity index (χ4v) is 4.45. The van der Waals surface area contributed by atoms with Crippen LogP contribution in [0.5, 0.6) is 0 Å². The molecular weight excluding hydrogens is 306 g/mol. The Hall–Kier alpha value is -1.59. The number of carbonyl (C=O) groups is 3. The van der Waals surface area contributed by atoms with Gasteiger partial charge in [0.2, 0.25) is 5.91 Å². The number of amides is 4. The van der Waals surface area contributed by atoms with Crippen molar-refractivity contribution in [3.05, 3.63) is 0 Å². The fraction of sp³-hybridized carbons (Fsp3) is 0.833. The Bertz CT molecular complexity index is 518. The van der Waals surface area contributed by atoms with E-state index in [1.165, 1.54) is 0 Å². The summed E-state index contributed by atoms with van der Waals surface area (Å²) in [4.78, 5) is 38.3. The summed E-state index contributed by atoms with van der Waals surface area (Å²) in [7, 11) is 0. The molecule has 0 aromatic carbocycles. The normalized spacial score (nSPS) is 29.0. The van der Waals surface area contributed by atoms with E-state index in [4.69, 9.17) is 0 Å². The van der Waals surface area contributed by atoms with Gasteiger partial charge < -0.3 is 10.6 Å². The molecule has 6 heteroatoms. The summed E-state index contributed by atoms with van der Waals surface area (Å²) in [6.07, 6.45) is 5.37. The zero-order valence-corrected chi connectivity index (χ0v) is 15.4. The van der Waals surface area contributed by atoms with Crippen LogP contribution >= 0.6 is 0 Å². The number of urea groups is 1. The quantitative estimate of drug-likeness (QED) is 0.577. The first-order valence-electron chi connectivity index (χ1n) is 9.10. The van der Waals surface area contributed by atoms with Crippen molar-refractivity contribution in [2.24, 2.45) is 11.3 Å². The molecule has 24 heavy (non-hydrogen) atoms. The maximum Gasteiger partial charge on any atom is 0.325 e. The lowest BCUT2D eigenvalue weighted by Crippen LogP contribution is -2.54. The average Bonchev–Trinajstić information content (AvgIpc) is 2.65. The predicted octanol–water partition coefficient (Wildman–Crippen LogP) is 2.43. The topological polar surface area (TPSA) is 78.5 Å². The molecule has 2 N–H and O–H groups in total. The highest BCUT2D eigenvalue weighted by molar-refractivity contribution is 6.09. The van der Waals surface area contributed by atoms with Gasteiger partial charge in [0.25, 0.3) is 5.91 Å². The minimum Gasteiger partial charge on any atom is -0.355 e. The van der Waals surface area contributed by atoms with Crippen LogP contribution in [0.1, 0.15) is 66.2 Å². The van der Waals surface area contributed by atoms with Gasteiger partial charge in [0.05, 0.1) is 0 Å². The summed E-state index contributed by atoms with van der Waals surface area (Å²) in [5.74, 6) is -0.147. The summed E-state index contributed by atoms with van der Waals surface area (Å²) in [5, 5.41) is 5.68. The summed E-state index contributed by atoms with van der Waals surface area (Å²) in [6.45, 7) is 8.88. The van der Waals surface area contributed by atoms with E-state index in [-0.39, 0.29) is 23.8 Å². The van der Waals surface area contributed by atoms with Crippen molar-refractivity contribution in [1.29, 1.82) is 0 Å². The molecule has 2 atom stereocenters. The largest absolute Gasteiger partial charge is 0.355 e. The molecule has 1 saturated carbocycles. The minimum absolute atomic E-state index is 0.000964. The lowest BCUT2D eigenvalue weighted by molar-refractivity contribution is -0.137. The Morgan fingerprint density at radius 1 is 1.29 bits per heavy atom. The minimum atomic E-state index is -0.833. The first-order chi connectivity index (χ1) is 11.2. The van der Waals surface area contributed by atoms with Gasteiger partial charge in [0, 0.05) is 6.54 Å². The van der Waals surface area contributed by atoms with Crippen LogP contribution in [0.4, 0.5) is 4.79 Å². The van der Waals surface area contributed by atoms with E-state index in [0.29, 0.717) is 25.3 Å². The summed E-state index contributed by atoms with van der Waals surface area (Å²) >= 11 is 0. The van der Waals surface area contributed by atoms with Crippen molar-refractivity contribution in [1.82, 2.24) is 15.5 Å². The van der Waals surface area contributed by atoms with Gasteiger partial charge in [-0.25, -0.2) is 4.79 Å². The van der Waals surface area contributed by atoms with Gasteiger partial charge in [-0.15, -0.1) is 0 Å². The molecule has 1 saturated heterocycles. The van der Waals surface area contributed by atoms with Gasteiger partial charge in [-0.3, -0.25) is 14.5 Å². The molecule has 6 nitrogen and oxygen atoms in total. The highest BCUT2D eigenvalue weighted by Gasteiger charge is 2.56. The van der Waals surface area contributed by atoms with Gasteiger partial charge in [0.1, 0.15) is 12.1 Å². The Balaban J connectivity index is 2.00. The van der Waals surface area contributed by atoms with Gasteiger partial charge in [-0.2, -0.15) is 0 Å². The van der Waals surface area contributed by atoms with Gasteiger partial charge >= 0.3 is 6.03 Å². The molecule has 0 aromatic heterocycles. The van der Waals surface area contributed by atoms with Crippen molar-refractivity contribution < 1.29 is 14.4 Å². The number of unbranched alkanes of at least 4 members (excludes halogenated alkanes) is 2. The van der Waals surface area contributed by atoms with Crippen LogP contribution in [0, 0.1) is 11.3 Å². The Kier molecular flexibility index (Phi) is 5.56. The molecule has 1 heterocycles. The first-order valence-corrected chi connectivity index (χ1v) is 9.10. The van der Waals surface area contributed by atoms with Crippen LogP contribution in [0.25, 0.3) is 0 Å². The number of nitrogens with zero attached hydrogens (tertiary/aromatic N) is 1. The van der Waals surface area contributed by atoms with Crippen LogP contribution in [-0.4, -0.2) is 41.4 Å². The number of imide groups is 1. The van der Waals surface area contributed by atoms with E-state index in [1.807, 2.05) is 0 Å². The molecular formula is C18H31N3O3. The number of rotatable bonds is 6. The lowest BCUT2D eigenvalue weighted by Gasteiger charge is -2.43. The zero-order chi connectivity index (χ0) is 18.0. The molecule has 2 rings (SSSR count). The van der Waals surface area contributed by atoms with E-state index in [1.54, 1.807) is 0 Å². The van der Waals surface area contributed by atoms with Crippen molar-refractivity contribution in [2.45, 2.75) is 71.8 Å². The van der Waals surface area contributed by atoms with Gasteiger partial charge in [-0.1, -0.05) is 40.5 Å². The zero-order valence-electron chi connectivity index (χ0n) is 15.4. The molecule has 136 valence electrons. The summed E-state index contributed by atoms with van der Waals surface area (Å²) < 4.78 is 0. The Morgan fingerprint density at radius 2 is 2.00 bits per heavy atom. The van der Waals surface area contributed by atoms with E-state index in [2.05, 4.69) is 38.3 Å². The third-order valence-corrected chi connectivity index (χ3v) is 5.03. The van der Waals surface area contributed by atoms with E-state index in [9.17, 15) is 14.4 Å². The fourth-order valence-electron chi connectivity index (χ4n) is 4.45. The monoisotopic (exact) mass is 337 g/mol. The Morgan fingerprint density at radius 3 is 2.62 bits per heavy atom. The second kappa shape index (κ2) is 7.11. The maximum absolute atomic E-state index is 12.9. The van der Waals surface area contributed by atoms with Crippen LogP contribution < -0.4 is 10.6 Å². The molecule has 1 spiro atoms. The number of carbonyl (C=O) groups excluding carboxylic acids is 3. The first kappa shape index (κ1) is 18.7. The van der Waals surface area contributed by atoms with E-state index < -0.39 is 11.6 Å². The van der Waals surface area contributed by atoms with Crippen LogP contribution in [-0.2, 0) is 9.59 Å². The molecule has 2 fully saturated rings. The summed E-state index contributed by atoms with van der Waals surface area (Å²) in [6, 6.07) is -0.436. The molecule has 0 bridgehead atoms. The van der Waals surface area contributed by atoms with Crippen molar-refractivity contribution >= 4 is 17.8 Å². The van der Waals surface area contributed by atoms with Crippen molar-refractivity contribution in [3.63, 3.8) is 0 Å². The van der Waals surface area contributed by atoms with Gasteiger partial charge in [-0.05, 0) is 37.0 Å². The molecule has 4 amide bonds. The number of nitrogens with one attached hydrogen (secondary N) is 2. The third-order valence-electron chi connectivity index (χ3n) is 5.03. The predicted molar refractivity (Wildman–Crippen MR) is 92.3 cm³/mol. The molecule has 2 aliphatic rings. The van der Waals surface area contributed by atoms with E-state index >= 15 is 0 Å². The molecule has 0 radical (unpaired) electrons. The summed E-state index contributed by atoms with van der Waals surface area (Å²) in [5.41, 5.74) is -0.834. The highest BCUT2D eigenvalue weighted by atomic mass is 16.2. The smallest absolute Gasteiger partial charge is 0.325 e. The maximum atomic E-state index is 12.9. The van der Waals surface area contributed by atoms with Crippen LogP contribution in [0.3, 0.4) is 0 Å². The van der Waals surface area contributed by atoms with Crippen LogP contribution in [0.2, 0.25) is 0 Å². The van der Waals surface area contributed by atoms with Crippen molar-refractivity contribution in [2.75, 3.05) is 13.1 Å². The average molecular weight is 337 g/mol. The standard InChI is InChI=1S/C18H31N3O3/c1-5-6-7-8-19-14(22)11-21-15(23)18(20-16(21)24)10-13(2)9-17(3,4)12-18/h13H,5-12H2,1-4H3,(H,19,22)(H,20,24). The van der Waals surface area contributed by atoms with Crippen LogP contribution in [0.15, 0.2) is 0 Å². The second-order valence-electron chi connectivity index (χ2n) is 8.32. The van der Waals surface area contributed by atoms with Crippen molar-refractivity contribution in [3.8, 4) is 0 Å². The van der Waals surface area contributed by atoms with E-state index in [0.717, 1.165) is 30.6 Å². The molecule has 1 aliphatic heterocycles. The lowest BCUT2D eigenvalue weighted by atomic mass is 9.64. The molecule has 1 aliphatic carbocycles. The SMILES string of the molecule is CCCCCNC(=O)CN1C(=O)NC2(CC(C)CC(C)(C)C2)C1=O. The third kappa shape index (κ3) is 4.08. The second-order valence-corrected chi connectivity index (χ2v) is 8.32. The Labute approximate surface area is 144 Å². The van der Waals surface area contributed by atoms with Gasteiger partial charge in [0.15, 0.2) is 0 Å². The number of hydrogen-bond acceptors (Lipinski definition) is 3. The molecule has 2 unspecified atom stereocenters. The molecule has 0 aromatic rings. The number of hydrogen-bond donors (Lipinski definition) is 2.